The number of hydrogen-bond donors (Lipinski definition) is 1. The second kappa shape index (κ2) is 6.19. The summed E-state index contributed by atoms with van der Waals surface area (Å²) in [5.74, 6) is -1.13. The number of carboxylic acid groups (broad SMARTS) is 1. The molecule has 0 saturated heterocycles. The van der Waals surface area contributed by atoms with Crippen LogP contribution in [0.15, 0.2) is 18.2 Å². The highest BCUT2D eigenvalue weighted by Crippen LogP contribution is 2.11. The van der Waals surface area contributed by atoms with Gasteiger partial charge in [0.1, 0.15) is 6.54 Å². The fraction of sp³-hybridized carbons (Fsp3) is 0.429. The summed E-state index contributed by atoms with van der Waals surface area (Å²) in [6.45, 7) is 5.97. The van der Waals surface area contributed by atoms with E-state index in [1.807, 2.05) is 32.0 Å². The van der Waals surface area contributed by atoms with Gasteiger partial charge >= 0.3 is 5.97 Å². The molecule has 0 saturated carbocycles. The maximum Gasteiger partial charge on any atom is 0.323 e. The summed E-state index contributed by atoms with van der Waals surface area (Å²) in [6, 6.07) is 5.86. The van der Waals surface area contributed by atoms with Gasteiger partial charge in [-0.05, 0) is 37.5 Å². The molecule has 0 bridgehead atoms. The maximum absolute atomic E-state index is 11.9. The van der Waals surface area contributed by atoms with E-state index in [0.29, 0.717) is 6.54 Å². The zero-order chi connectivity index (χ0) is 13.7. The lowest BCUT2D eigenvalue weighted by molar-refractivity contribution is -0.144. The first kappa shape index (κ1) is 14.2. The Kier molecular flexibility index (Phi) is 4.89. The third-order valence-corrected chi connectivity index (χ3v) is 2.99. The Hall–Kier alpha value is -1.84. The summed E-state index contributed by atoms with van der Waals surface area (Å²) < 4.78 is 0. The molecule has 1 rings (SSSR count). The molecule has 1 N–H and O–H groups in total. The lowest BCUT2D eigenvalue weighted by Gasteiger charge is -2.18. The van der Waals surface area contributed by atoms with Crippen LogP contribution < -0.4 is 0 Å². The van der Waals surface area contributed by atoms with E-state index in [4.69, 9.17) is 5.11 Å². The largest absolute Gasteiger partial charge is 0.480 e. The third kappa shape index (κ3) is 3.87. The third-order valence-electron chi connectivity index (χ3n) is 2.99. The van der Waals surface area contributed by atoms with Crippen molar-refractivity contribution in [1.29, 1.82) is 0 Å². The number of carbonyl (C=O) groups excluding carboxylic acids is 1. The van der Waals surface area contributed by atoms with Crippen molar-refractivity contribution >= 4 is 11.9 Å². The first-order valence-corrected chi connectivity index (χ1v) is 5.99. The number of hydrogen-bond acceptors (Lipinski definition) is 2. The van der Waals surface area contributed by atoms with Crippen LogP contribution in [-0.4, -0.2) is 35.0 Å². The predicted molar refractivity (Wildman–Crippen MR) is 69.5 cm³/mol. The highest BCUT2D eigenvalue weighted by Gasteiger charge is 2.15. The standard InChI is InChI=1S/C14H19NO3/c1-4-15(9-14(17)18)13(16)8-12-6-5-10(2)11(3)7-12/h5-7H,4,8-9H2,1-3H3,(H,17,18). The van der Waals surface area contributed by atoms with E-state index in [-0.39, 0.29) is 18.9 Å². The van der Waals surface area contributed by atoms with Crippen LogP contribution in [0.3, 0.4) is 0 Å². The number of carbonyl (C=O) groups is 2. The van der Waals surface area contributed by atoms with E-state index in [9.17, 15) is 9.59 Å². The Labute approximate surface area is 107 Å². The topological polar surface area (TPSA) is 57.6 Å². The van der Waals surface area contributed by atoms with E-state index in [2.05, 4.69) is 0 Å². The van der Waals surface area contributed by atoms with Crippen LogP contribution in [0.4, 0.5) is 0 Å². The minimum absolute atomic E-state index is 0.150. The summed E-state index contributed by atoms with van der Waals surface area (Å²) >= 11 is 0. The SMILES string of the molecule is CCN(CC(=O)O)C(=O)Cc1ccc(C)c(C)c1. The number of amides is 1. The summed E-state index contributed by atoms with van der Waals surface area (Å²) in [6.07, 6.45) is 0.252. The van der Waals surface area contributed by atoms with Gasteiger partial charge in [-0.2, -0.15) is 0 Å². The second-order valence-electron chi connectivity index (χ2n) is 4.40. The van der Waals surface area contributed by atoms with Gasteiger partial charge in [0.2, 0.25) is 5.91 Å². The van der Waals surface area contributed by atoms with Crippen LogP contribution in [0.25, 0.3) is 0 Å². The average molecular weight is 249 g/mol. The molecule has 4 nitrogen and oxygen atoms in total. The number of aliphatic carboxylic acids is 1. The normalized spacial score (nSPS) is 10.2. The number of rotatable bonds is 5. The molecule has 4 heteroatoms. The molecule has 0 aromatic heterocycles. The molecule has 0 spiro atoms. The smallest absolute Gasteiger partial charge is 0.323 e. The Balaban J connectivity index is 2.73. The van der Waals surface area contributed by atoms with E-state index in [0.717, 1.165) is 11.1 Å². The van der Waals surface area contributed by atoms with Gasteiger partial charge in [0.05, 0.1) is 6.42 Å². The molecule has 1 aromatic rings. The van der Waals surface area contributed by atoms with E-state index in [1.165, 1.54) is 10.5 Å². The lowest BCUT2D eigenvalue weighted by atomic mass is 10.0. The van der Waals surface area contributed by atoms with Crippen LogP contribution >= 0.6 is 0 Å². The first-order valence-electron chi connectivity index (χ1n) is 5.99. The number of carboxylic acids is 1. The van der Waals surface area contributed by atoms with Crippen LogP contribution in [0, 0.1) is 13.8 Å². The van der Waals surface area contributed by atoms with E-state index < -0.39 is 5.97 Å². The molecule has 0 unspecified atom stereocenters. The molecule has 18 heavy (non-hydrogen) atoms. The molecule has 1 amide bonds. The Morgan fingerprint density at radius 2 is 1.89 bits per heavy atom. The van der Waals surface area contributed by atoms with Crippen molar-refractivity contribution in [2.45, 2.75) is 27.2 Å². The van der Waals surface area contributed by atoms with Gasteiger partial charge in [0.25, 0.3) is 0 Å². The number of aryl methyl sites for hydroxylation is 2. The van der Waals surface area contributed by atoms with Gasteiger partial charge in [-0.1, -0.05) is 18.2 Å². The number of benzene rings is 1. The molecule has 0 aliphatic carbocycles. The van der Waals surface area contributed by atoms with E-state index in [1.54, 1.807) is 6.92 Å². The Morgan fingerprint density at radius 3 is 2.39 bits per heavy atom. The number of likely N-dealkylation sites (N-methyl/N-ethyl adjacent to an activating group) is 1. The van der Waals surface area contributed by atoms with Crippen LogP contribution in [0.5, 0.6) is 0 Å². The monoisotopic (exact) mass is 249 g/mol. The van der Waals surface area contributed by atoms with Crippen LogP contribution in [0.2, 0.25) is 0 Å². The molecule has 0 atom stereocenters. The van der Waals surface area contributed by atoms with Crippen molar-refractivity contribution < 1.29 is 14.7 Å². The summed E-state index contributed by atoms with van der Waals surface area (Å²) in [4.78, 5) is 23.9. The summed E-state index contributed by atoms with van der Waals surface area (Å²) in [5, 5.41) is 8.72. The molecule has 98 valence electrons. The van der Waals surface area contributed by atoms with Crippen molar-refractivity contribution in [3.63, 3.8) is 0 Å². The zero-order valence-corrected chi connectivity index (χ0v) is 11.1. The van der Waals surface area contributed by atoms with Gasteiger partial charge in [-0.25, -0.2) is 0 Å². The van der Waals surface area contributed by atoms with Crippen molar-refractivity contribution in [3.8, 4) is 0 Å². The molecular weight excluding hydrogens is 230 g/mol. The van der Waals surface area contributed by atoms with Gasteiger partial charge < -0.3 is 10.0 Å². The molecule has 0 aliphatic rings. The molecule has 1 aromatic carbocycles. The highest BCUT2D eigenvalue weighted by atomic mass is 16.4. The number of nitrogens with zero attached hydrogens (tertiary/aromatic N) is 1. The van der Waals surface area contributed by atoms with Gasteiger partial charge in [-0.3, -0.25) is 9.59 Å². The Morgan fingerprint density at radius 1 is 1.22 bits per heavy atom. The van der Waals surface area contributed by atoms with Crippen molar-refractivity contribution in [1.82, 2.24) is 4.90 Å². The predicted octanol–water partition coefficient (Wildman–Crippen LogP) is 1.78. The van der Waals surface area contributed by atoms with Gasteiger partial charge in [-0.15, -0.1) is 0 Å². The maximum atomic E-state index is 11.9. The quantitative estimate of drug-likeness (QED) is 0.865. The molecular formula is C14H19NO3. The summed E-state index contributed by atoms with van der Waals surface area (Å²) in [5.41, 5.74) is 3.25. The molecule has 0 heterocycles. The minimum Gasteiger partial charge on any atom is -0.480 e. The fourth-order valence-electron chi connectivity index (χ4n) is 1.74. The van der Waals surface area contributed by atoms with Crippen LogP contribution in [-0.2, 0) is 16.0 Å². The van der Waals surface area contributed by atoms with Gasteiger partial charge in [0, 0.05) is 6.54 Å². The average Bonchev–Trinajstić information content (AvgIpc) is 2.30. The van der Waals surface area contributed by atoms with Crippen molar-refractivity contribution in [2.24, 2.45) is 0 Å². The van der Waals surface area contributed by atoms with Gasteiger partial charge in [0.15, 0.2) is 0 Å². The minimum atomic E-state index is -0.981. The first-order chi connectivity index (χ1) is 8.43. The van der Waals surface area contributed by atoms with Crippen LogP contribution in [0.1, 0.15) is 23.6 Å². The Bertz CT molecular complexity index is 454. The fourth-order valence-corrected chi connectivity index (χ4v) is 1.74. The summed E-state index contributed by atoms with van der Waals surface area (Å²) in [7, 11) is 0. The molecule has 0 radical (unpaired) electrons. The van der Waals surface area contributed by atoms with E-state index >= 15 is 0 Å². The lowest BCUT2D eigenvalue weighted by Crippen LogP contribution is -2.36. The second-order valence-corrected chi connectivity index (χ2v) is 4.40. The van der Waals surface area contributed by atoms with Crippen molar-refractivity contribution in [2.75, 3.05) is 13.1 Å². The molecule has 0 fully saturated rings. The van der Waals surface area contributed by atoms with Crippen molar-refractivity contribution in [3.05, 3.63) is 34.9 Å². The molecule has 0 aliphatic heterocycles. The highest BCUT2D eigenvalue weighted by molar-refractivity contribution is 5.83. The zero-order valence-electron chi connectivity index (χ0n) is 11.1.